The summed E-state index contributed by atoms with van der Waals surface area (Å²) < 4.78 is 5.30. The Hall–Kier alpha value is -0.160. The third-order valence-corrected chi connectivity index (χ3v) is 2.51. The molecule has 4 heteroatoms. The summed E-state index contributed by atoms with van der Waals surface area (Å²) in [4.78, 5) is 4.88. The van der Waals surface area contributed by atoms with Crippen LogP contribution in [0, 0.1) is 0 Å². The molecule has 0 aromatic carbocycles. The van der Waals surface area contributed by atoms with Gasteiger partial charge in [0.25, 0.3) is 0 Å². The number of rotatable bonds is 5. The van der Waals surface area contributed by atoms with Gasteiger partial charge in [0.05, 0.1) is 13.2 Å². The van der Waals surface area contributed by atoms with Gasteiger partial charge in [-0.1, -0.05) is 27.7 Å². The summed E-state index contributed by atoms with van der Waals surface area (Å²) in [5, 5.41) is 0. The summed E-state index contributed by atoms with van der Waals surface area (Å²) in [6.07, 6.45) is 1.25. The summed E-state index contributed by atoms with van der Waals surface area (Å²) in [6.45, 7) is 16.5. The predicted octanol–water partition coefficient (Wildman–Crippen LogP) is 1.65. The molecule has 2 N–H and O–H groups in total. The highest BCUT2D eigenvalue weighted by Gasteiger charge is 2.09. The third-order valence-electron chi connectivity index (χ3n) is 2.51. The molecule has 0 unspecified atom stereocenters. The average molecular weight is 261 g/mol. The van der Waals surface area contributed by atoms with Crippen molar-refractivity contribution in [1.82, 2.24) is 9.80 Å². The molecule has 1 heterocycles. The van der Waals surface area contributed by atoms with Crippen LogP contribution in [-0.4, -0.2) is 69.3 Å². The summed E-state index contributed by atoms with van der Waals surface area (Å²) in [5.74, 6) is 0. The van der Waals surface area contributed by atoms with Gasteiger partial charge in [-0.2, -0.15) is 0 Å². The van der Waals surface area contributed by atoms with Gasteiger partial charge >= 0.3 is 0 Å². The first-order valence-electron chi connectivity index (χ1n) is 7.43. The standard InChI is InChI=1S/C10H22N2O.C2H7N.C2H6/c1-3-4-11(2)5-6-12-7-9-13-10-8-12;1-2-3;1-2/h3-10H2,1-2H3;2-3H2,1H3;1-2H3. The van der Waals surface area contributed by atoms with Crippen LogP contribution in [0.5, 0.6) is 0 Å². The molecule has 0 atom stereocenters. The van der Waals surface area contributed by atoms with Crippen molar-refractivity contribution >= 4 is 0 Å². The molecule has 1 aliphatic heterocycles. The molecule has 0 spiro atoms. The van der Waals surface area contributed by atoms with Crippen molar-refractivity contribution in [2.75, 3.05) is 59.5 Å². The first-order valence-corrected chi connectivity index (χ1v) is 7.43. The second kappa shape index (κ2) is 16.8. The van der Waals surface area contributed by atoms with E-state index in [1.165, 1.54) is 26.1 Å². The molecule has 4 nitrogen and oxygen atoms in total. The molecule has 0 amide bonds. The first kappa shape index (κ1) is 20.2. The molecule has 1 rings (SSSR count). The van der Waals surface area contributed by atoms with Gasteiger partial charge in [0, 0.05) is 26.2 Å². The highest BCUT2D eigenvalue weighted by molar-refractivity contribution is 4.63. The Balaban J connectivity index is 0. The minimum Gasteiger partial charge on any atom is -0.379 e. The number of ether oxygens (including phenoxy) is 1. The maximum atomic E-state index is 5.30. The SMILES string of the molecule is CC.CCCN(C)CCN1CCOCC1.CCN. The fourth-order valence-electron chi connectivity index (χ4n) is 1.63. The van der Waals surface area contributed by atoms with Crippen molar-refractivity contribution in [2.24, 2.45) is 5.73 Å². The van der Waals surface area contributed by atoms with E-state index in [1.807, 2.05) is 20.8 Å². The van der Waals surface area contributed by atoms with E-state index in [0.717, 1.165) is 32.8 Å². The summed E-state index contributed by atoms with van der Waals surface area (Å²) in [7, 11) is 2.20. The van der Waals surface area contributed by atoms with Crippen LogP contribution in [-0.2, 0) is 4.74 Å². The molecular weight excluding hydrogens is 226 g/mol. The van der Waals surface area contributed by atoms with E-state index < -0.39 is 0 Å². The lowest BCUT2D eigenvalue weighted by Gasteiger charge is -2.28. The largest absolute Gasteiger partial charge is 0.379 e. The van der Waals surface area contributed by atoms with Crippen LogP contribution >= 0.6 is 0 Å². The van der Waals surface area contributed by atoms with E-state index in [2.05, 4.69) is 23.8 Å². The van der Waals surface area contributed by atoms with Gasteiger partial charge < -0.3 is 15.4 Å². The summed E-state index contributed by atoms with van der Waals surface area (Å²) in [6, 6.07) is 0. The van der Waals surface area contributed by atoms with Gasteiger partial charge in [-0.05, 0) is 26.6 Å². The quantitative estimate of drug-likeness (QED) is 0.817. The monoisotopic (exact) mass is 261 g/mol. The maximum absolute atomic E-state index is 5.30. The minimum absolute atomic E-state index is 0.750. The number of likely N-dealkylation sites (N-methyl/N-ethyl adjacent to an activating group) is 1. The van der Waals surface area contributed by atoms with Gasteiger partial charge in [0.1, 0.15) is 0 Å². The van der Waals surface area contributed by atoms with Crippen molar-refractivity contribution < 1.29 is 4.74 Å². The predicted molar refractivity (Wildman–Crippen MR) is 81.1 cm³/mol. The highest BCUT2D eigenvalue weighted by atomic mass is 16.5. The molecule has 1 fully saturated rings. The van der Waals surface area contributed by atoms with E-state index in [0.29, 0.717) is 0 Å². The number of nitrogens with zero attached hydrogens (tertiary/aromatic N) is 2. The van der Waals surface area contributed by atoms with Crippen molar-refractivity contribution in [3.63, 3.8) is 0 Å². The second-order valence-electron chi connectivity index (χ2n) is 4.17. The van der Waals surface area contributed by atoms with E-state index in [-0.39, 0.29) is 0 Å². The molecule has 0 radical (unpaired) electrons. The zero-order valence-electron chi connectivity index (χ0n) is 13.2. The first-order chi connectivity index (χ1) is 8.74. The molecule has 0 saturated carbocycles. The van der Waals surface area contributed by atoms with Gasteiger partial charge in [0.2, 0.25) is 0 Å². The van der Waals surface area contributed by atoms with Crippen LogP contribution in [0.1, 0.15) is 34.1 Å². The third kappa shape index (κ3) is 13.9. The van der Waals surface area contributed by atoms with Crippen LogP contribution in [0.3, 0.4) is 0 Å². The smallest absolute Gasteiger partial charge is 0.0594 e. The van der Waals surface area contributed by atoms with E-state index in [4.69, 9.17) is 10.5 Å². The molecule has 1 saturated heterocycles. The topological polar surface area (TPSA) is 41.7 Å². The Kier molecular flexibility index (Phi) is 18.9. The van der Waals surface area contributed by atoms with Crippen LogP contribution in [0.15, 0.2) is 0 Å². The summed E-state index contributed by atoms with van der Waals surface area (Å²) >= 11 is 0. The van der Waals surface area contributed by atoms with Crippen molar-refractivity contribution in [1.29, 1.82) is 0 Å². The van der Waals surface area contributed by atoms with Crippen molar-refractivity contribution in [2.45, 2.75) is 34.1 Å². The minimum atomic E-state index is 0.750. The fraction of sp³-hybridized carbons (Fsp3) is 1.00. The van der Waals surface area contributed by atoms with Crippen molar-refractivity contribution in [3.8, 4) is 0 Å². The number of nitrogens with two attached hydrogens (primary N) is 1. The van der Waals surface area contributed by atoms with Gasteiger partial charge in [-0.25, -0.2) is 0 Å². The van der Waals surface area contributed by atoms with E-state index in [9.17, 15) is 0 Å². The van der Waals surface area contributed by atoms with Crippen LogP contribution < -0.4 is 5.73 Å². The van der Waals surface area contributed by atoms with Crippen LogP contribution in [0.2, 0.25) is 0 Å². The zero-order chi connectivity index (χ0) is 14.2. The molecule has 0 aromatic rings. The molecule has 0 bridgehead atoms. The number of hydrogen-bond acceptors (Lipinski definition) is 4. The van der Waals surface area contributed by atoms with E-state index in [1.54, 1.807) is 0 Å². The van der Waals surface area contributed by atoms with Gasteiger partial charge in [-0.15, -0.1) is 0 Å². The van der Waals surface area contributed by atoms with E-state index >= 15 is 0 Å². The molecular formula is C14H35N3O. The molecule has 1 aliphatic rings. The molecule has 0 aliphatic carbocycles. The Morgan fingerprint density at radius 1 is 1.11 bits per heavy atom. The molecule has 18 heavy (non-hydrogen) atoms. The molecule has 0 aromatic heterocycles. The Morgan fingerprint density at radius 2 is 1.61 bits per heavy atom. The normalized spacial score (nSPS) is 15.5. The average Bonchev–Trinajstić information content (AvgIpc) is 2.41. The van der Waals surface area contributed by atoms with Crippen LogP contribution in [0.25, 0.3) is 0 Å². The second-order valence-corrected chi connectivity index (χ2v) is 4.17. The molecule has 112 valence electrons. The lowest BCUT2D eigenvalue weighted by atomic mass is 10.4. The Morgan fingerprint density at radius 3 is 2.06 bits per heavy atom. The zero-order valence-corrected chi connectivity index (χ0v) is 13.2. The summed E-state index contributed by atoms with van der Waals surface area (Å²) in [5.41, 5.74) is 4.85. The van der Waals surface area contributed by atoms with Gasteiger partial charge in [-0.3, -0.25) is 4.90 Å². The number of morpholine rings is 1. The van der Waals surface area contributed by atoms with Crippen LogP contribution in [0.4, 0.5) is 0 Å². The lowest BCUT2D eigenvalue weighted by Crippen LogP contribution is -2.40. The Bertz CT molecular complexity index is 139. The van der Waals surface area contributed by atoms with Gasteiger partial charge in [0.15, 0.2) is 0 Å². The maximum Gasteiger partial charge on any atom is 0.0594 e. The van der Waals surface area contributed by atoms with Crippen molar-refractivity contribution in [3.05, 3.63) is 0 Å². The fourth-order valence-corrected chi connectivity index (χ4v) is 1.63. The number of hydrogen-bond donors (Lipinski definition) is 1. The lowest BCUT2D eigenvalue weighted by molar-refractivity contribution is 0.0345. The Labute approximate surface area is 114 Å². The highest BCUT2D eigenvalue weighted by Crippen LogP contribution is 1.96.